The van der Waals surface area contributed by atoms with E-state index in [0.29, 0.717) is 0 Å². The smallest absolute Gasteiger partial charge is 0.0547 e. The molecular weight excluding hydrogens is 1470 g/mol. The van der Waals surface area contributed by atoms with Gasteiger partial charge >= 0.3 is 0 Å². The minimum absolute atomic E-state index is 1.17. The highest BCUT2D eigenvalue weighted by atomic mass is 15.0. The summed E-state index contributed by atoms with van der Waals surface area (Å²) in [5, 5.41) is 36.4. The van der Waals surface area contributed by atoms with Crippen LogP contribution in [0.25, 0.3) is 240 Å². The minimum atomic E-state index is 1.17. The van der Waals surface area contributed by atoms with Gasteiger partial charge in [0.25, 0.3) is 0 Å². The molecule has 24 aromatic carbocycles. The van der Waals surface area contributed by atoms with Crippen molar-refractivity contribution in [3.05, 3.63) is 461 Å². The molecule has 0 atom stereocenters. The van der Waals surface area contributed by atoms with E-state index in [1.54, 1.807) is 0 Å². The third-order valence-electron chi connectivity index (χ3n) is 25.8. The Morgan fingerprint density at radius 2 is 0.402 bits per heavy atom. The van der Waals surface area contributed by atoms with Crippen LogP contribution in [0.4, 0.5) is 0 Å². The molecule has 2 aromatic heterocycles. The van der Waals surface area contributed by atoms with Crippen LogP contribution in [0.15, 0.2) is 461 Å². The normalized spacial score (nSPS) is 11.8. The Labute approximate surface area is 705 Å². The van der Waals surface area contributed by atoms with Crippen molar-refractivity contribution in [3.63, 3.8) is 0 Å². The highest BCUT2D eigenvalue weighted by molar-refractivity contribution is 6.40. The first-order valence-electron chi connectivity index (χ1n) is 42.3. The van der Waals surface area contributed by atoms with Crippen molar-refractivity contribution >= 4 is 173 Å². The maximum atomic E-state index is 2.42. The third kappa shape index (κ3) is 11.6. The van der Waals surface area contributed by atoms with E-state index in [9.17, 15) is 0 Å². The number of benzene rings is 24. The number of rotatable bonds is 7. The fourth-order valence-electron chi connectivity index (χ4n) is 20.1. The zero-order valence-electron chi connectivity index (χ0n) is 66.8. The Bertz CT molecular complexity index is 8650. The van der Waals surface area contributed by atoms with Crippen molar-refractivity contribution in [1.82, 2.24) is 9.13 Å². The van der Waals surface area contributed by atoms with Gasteiger partial charge in [-0.05, 0) is 252 Å². The molecule has 2 nitrogen and oxygen atoms in total. The lowest BCUT2D eigenvalue weighted by atomic mass is 9.86. The van der Waals surface area contributed by atoms with Gasteiger partial charge in [0.2, 0.25) is 0 Å². The summed E-state index contributed by atoms with van der Waals surface area (Å²) in [6.45, 7) is 0. The number of hydrogen-bond acceptors (Lipinski definition) is 0. The van der Waals surface area contributed by atoms with Gasteiger partial charge in [-0.1, -0.05) is 394 Å². The first-order valence-corrected chi connectivity index (χ1v) is 42.3. The average Bonchev–Trinajstić information content (AvgIpc) is 1.10. The van der Waals surface area contributed by atoms with Crippen LogP contribution >= 0.6 is 0 Å². The van der Waals surface area contributed by atoms with Gasteiger partial charge in [0.05, 0.1) is 22.1 Å². The van der Waals surface area contributed by atoms with E-state index in [-0.39, 0.29) is 0 Å². The molecule has 566 valence electrons. The van der Waals surface area contributed by atoms with E-state index in [4.69, 9.17) is 0 Å². The molecular formula is C120H76N2. The largest absolute Gasteiger partial charge is 0.309 e. The zero-order chi connectivity index (χ0) is 80.3. The third-order valence-corrected chi connectivity index (χ3v) is 25.8. The lowest BCUT2D eigenvalue weighted by Gasteiger charge is -2.17. The van der Waals surface area contributed by atoms with Crippen LogP contribution in [0.5, 0.6) is 0 Å². The summed E-state index contributed by atoms with van der Waals surface area (Å²) in [7, 11) is 0. The molecule has 0 bridgehead atoms. The van der Waals surface area contributed by atoms with Crippen molar-refractivity contribution in [2.75, 3.05) is 0 Å². The highest BCUT2D eigenvalue weighted by Crippen LogP contribution is 2.47. The molecule has 26 aromatic rings. The van der Waals surface area contributed by atoms with Gasteiger partial charge in [-0.25, -0.2) is 0 Å². The van der Waals surface area contributed by atoms with Crippen LogP contribution in [-0.4, -0.2) is 9.13 Å². The van der Waals surface area contributed by atoms with E-state index in [1.807, 2.05) is 0 Å². The van der Waals surface area contributed by atoms with Crippen LogP contribution < -0.4 is 0 Å². The van der Waals surface area contributed by atoms with Crippen LogP contribution in [0, 0.1) is 0 Å². The molecule has 0 amide bonds. The van der Waals surface area contributed by atoms with Crippen LogP contribution in [0.3, 0.4) is 0 Å². The van der Waals surface area contributed by atoms with E-state index >= 15 is 0 Å². The van der Waals surface area contributed by atoms with E-state index in [2.05, 4.69) is 470 Å². The highest BCUT2D eigenvalue weighted by Gasteiger charge is 2.21. The number of nitrogens with zero attached hydrogens (tertiary/aromatic N) is 2. The van der Waals surface area contributed by atoms with E-state index in [0.717, 1.165) is 0 Å². The Morgan fingerprint density at radius 1 is 0.115 bits per heavy atom. The van der Waals surface area contributed by atoms with Crippen molar-refractivity contribution in [1.29, 1.82) is 0 Å². The summed E-state index contributed by atoms with van der Waals surface area (Å²) in [5.41, 5.74) is 19.7. The van der Waals surface area contributed by atoms with Gasteiger partial charge in [0.15, 0.2) is 0 Å². The number of fused-ring (bicyclic) bond motifs is 28. The standard InChI is InChI=1S/C44H27N.C42H27N.C34H22/c1-4-16-37-31(11-1)32-12-2-6-18-39(32)44-40-27-29(23-26-34(40)33-13-3-5-17-38(33)43(37)44)28-21-24-30(25-22-28)45-41-19-9-7-14-35(41)36-15-8-10-20-42(36)45;1-2-11-32(12-3-1)43-41-17-9-8-16-37(41)38-25-23-31(26-42(38)43)28-18-20-30(21-19-28)39-27-40-33-13-5-4-10-29(33)22-24-36(40)34-14-6-7-15-35(34)39;1-3-9-29-24(6-1)8-5-11-30(29)26-14-12-23(13-15-26)28-17-16-27-19-20-32-31-10-4-2-7-25(31)18-21-33(32)34(27)22-28/h1-27H;1-27H;1-22H. The van der Waals surface area contributed by atoms with Crippen molar-refractivity contribution in [2.45, 2.75) is 0 Å². The summed E-state index contributed by atoms with van der Waals surface area (Å²) in [6.07, 6.45) is 0. The molecule has 0 aliphatic heterocycles. The topological polar surface area (TPSA) is 9.86 Å². The number of para-hydroxylation sites is 4. The monoisotopic (exact) mass is 1540 g/mol. The van der Waals surface area contributed by atoms with Crippen molar-refractivity contribution in [2.24, 2.45) is 0 Å². The molecule has 0 saturated carbocycles. The van der Waals surface area contributed by atoms with Crippen LogP contribution in [-0.2, 0) is 0 Å². The van der Waals surface area contributed by atoms with Gasteiger partial charge in [-0.15, -0.1) is 0 Å². The second-order valence-electron chi connectivity index (χ2n) is 32.4. The average molecular weight is 1550 g/mol. The molecule has 0 fully saturated rings. The summed E-state index contributed by atoms with van der Waals surface area (Å²) >= 11 is 0. The molecule has 2 heterocycles. The van der Waals surface area contributed by atoms with E-state index < -0.39 is 0 Å². The van der Waals surface area contributed by atoms with Gasteiger partial charge in [0, 0.05) is 32.9 Å². The fourth-order valence-corrected chi connectivity index (χ4v) is 20.1. The predicted octanol–water partition coefficient (Wildman–Crippen LogP) is 33.4. The molecule has 0 unspecified atom stereocenters. The van der Waals surface area contributed by atoms with Gasteiger partial charge in [-0.2, -0.15) is 0 Å². The minimum Gasteiger partial charge on any atom is -0.309 e. The maximum Gasteiger partial charge on any atom is 0.0547 e. The predicted molar refractivity (Wildman–Crippen MR) is 525 cm³/mol. The number of aromatic nitrogens is 2. The summed E-state index contributed by atoms with van der Waals surface area (Å²) < 4.78 is 4.76. The quantitative estimate of drug-likeness (QED) is 0.141. The zero-order valence-corrected chi connectivity index (χ0v) is 66.8. The Hall–Kier alpha value is -16.0. The molecule has 122 heavy (non-hydrogen) atoms. The Balaban J connectivity index is 0.000000104. The SMILES string of the molecule is c1ccc(-n2c3ccccc3c3ccc(-c4ccc(-c5cc6c7ccccc7ccc6c6ccccc56)cc4)cc32)cc1.c1ccc2c(-c3ccc(-c4ccc5ccc6c7ccccc7ccc6c5c4)cc3)cccc2c1.c1ccc2c(c1)c1ccccc1c1c3cc(-c4ccc(-n5c6ccccc6c6ccccc65)cc4)ccc3c3ccccc3c21. The van der Waals surface area contributed by atoms with Gasteiger partial charge in [-0.3, -0.25) is 0 Å². The summed E-state index contributed by atoms with van der Waals surface area (Å²) in [4.78, 5) is 0. The molecule has 0 N–H and O–H groups in total. The van der Waals surface area contributed by atoms with Crippen LogP contribution in [0.1, 0.15) is 0 Å². The number of hydrogen-bond donors (Lipinski definition) is 0. The van der Waals surface area contributed by atoms with Crippen LogP contribution in [0.2, 0.25) is 0 Å². The fraction of sp³-hybridized carbons (Fsp3) is 0. The molecule has 0 radical (unpaired) electrons. The Morgan fingerprint density at radius 3 is 0.943 bits per heavy atom. The molecule has 0 saturated heterocycles. The van der Waals surface area contributed by atoms with E-state index in [1.165, 1.54) is 240 Å². The first kappa shape index (κ1) is 70.2. The Kier molecular flexibility index (Phi) is 16.7. The lowest BCUT2D eigenvalue weighted by molar-refractivity contribution is 1.18. The lowest BCUT2D eigenvalue weighted by Crippen LogP contribution is -1.93. The second kappa shape index (κ2) is 29.0. The maximum absolute atomic E-state index is 2.42. The molecule has 0 spiro atoms. The molecule has 2 heteroatoms. The second-order valence-corrected chi connectivity index (χ2v) is 32.4. The van der Waals surface area contributed by atoms with Crippen molar-refractivity contribution < 1.29 is 0 Å². The summed E-state index contributed by atoms with van der Waals surface area (Å²) in [5.74, 6) is 0. The van der Waals surface area contributed by atoms with Crippen molar-refractivity contribution in [3.8, 4) is 67.0 Å². The first-order chi connectivity index (χ1) is 60.5. The molecule has 0 aliphatic carbocycles. The van der Waals surface area contributed by atoms with Gasteiger partial charge in [0.1, 0.15) is 0 Å². The summed E-state index contributed by atoms with van der Waals surface area (Å²) in [6, 6.07) is 169. The molecule has 0 aliphatic rings. The van der Waals surface area contributed by atoms with Gasteiger partial charge < -0.3 is 9.13 Å². The molecule has 26 rings (SSSR count).